The van der Waals surface area contributed by atoms with Crippen molar-refractivity contribution < 1.29 is 18.0 Å². The first-order valence-electron chi connectivity index (χ1n) is 8.66. The van der Waals surface area contributed by atoms with Gasteiger partial charge in [-0.3, -0.25) is 9.69 Å². The zero-order chi connectivity index (χ0) is 18.6. The Labute approximate surface area is 151 Å². The third-order valence-electron chi connectivity index (χ3n) is 4.58. The molecule has 0 atom stereocenters. The standard InChI is InChI=1S/C20H21F3N2O/c21-20(22,23)18-9-7-17(8-10-18)19(26)25-12-4-11-24(13-14-25)15-16-5-2-1-3-6-16/h1-3,5-10H,4,11-15H2. The second kappa shape index (κ2) is 7.91. The number of halogens is 3. The molecule has 1 amide bonds. The van der Waals surface area contributed by atoms with Crippen LogP contribution in [0.25, 0.3) is 0 Å². The average molecular weight is 362 g/mol. The zero-order valence-corrected chi connectivity index (χ0v) is 14.4. The normalized spacial score (nSPS) is 16.3. The highest BCUT2D eigenvalue weighted by Gasteiger charge is 2.30. The summed E-state index contributed by atoms with van der Waals surface area (Å²) in [6.07, 6.45) is -3.54. The molecule has 6 heteroatoms. The van der Waals surface area contributed by atoms with Crippen LogP contribution in [-0.2, 0) is 12.7 Å². The van der Waals surface area contributed by atoms with Crippen molar-refractivity contribution in [3.8, 4) is 0 Å². The monoisotopic (exact) mass is 362 g/mol. The number of alkyl halides is 3. The number of rotatable bonds is 3. The number of hydrogen-bond acceptors (Lipinski definition) is 2. The Balaban J connectivity index is 1.60. The van der Waals surface area contributed by atoms with E-state index in [1.807, 2.05) is 18.2 Å². The van der Waals surface area contributed by atoms with Crippen molar-refractivity contribution >= 4 is 5.91 Å². The van der Waals surface area contributed by atoms with Crippen molar-refractivity contribution in [2.45, 2.75) is 19.1 Å². The van der Waals surface area contributed by atoms with Gasteiger partial charge in [0, 0.05) is 38.3 Å². The smallest absolute Gasteiger partial charge is 0.337 e. The predicted molar refractivity (Wildman–Crippen MR) is 93.7 cm³/mol. The van der Waals surface area contributed by atoms with E-state index >= 15 is 0 Å². The fraction of sp³-hybridized carbons (Fsp3) is 0.350. The van der Waals surface area contributed by atoms with Gasteiger partial charge in [-0.15, -0.1) is 0 Å². The van der Waals surface area contributed by atoms with Crippen LogP contribution in [0.2, 0.25) is 0 Å². The summed E-state index contributed by atoms with van der Waals surface area (Å²) in [5.74, 6) is -0.208. The first-order chi connectivity index (χ1) is 12.4. The fourth-order valence-electron chi connectivity index (χ4n) is 3.16. The van der Waals surface area contributed by atoms with Crippen LogP contribution in [0.15, 0.2) is 54.6 Å². The van der Waals surface area contributed by atoms with Crippen LogP contribution in [0.4, 0.5) is 13.2 Å². The third kappa shape index (κ3) is 4.64. The van der Waals surface area contributed by atoms with Gasteiger partial charge in [0.1, 0.15) is 0 Å². The topological polar surface area (TPSA) is 23.6 Å². The summed E-state index contributed by atoms with van der Waals surface area (Å²) in [5, 5.41) is 0. The van der Waals surface area contributed by atoms with Crippen molar-refractivity contribution in [3.05, 3.63) is 71.3 Å². The highest BCUT2D eigenvalue weighted by Crippen LogP contribution is 2.29. The quantitative estimate of drug-likeness (QED) is 0.822. The van der Waals surface area contributed by atoms with Gasteiger partial charge >= 0.3 is 6.18 Å². The Morgan fingerprint density at radius 3 is 2.23 bits per heavy atom. The Morgan fingerprint density at radius 1 is 0.885 bits per heavy atom. The molecule has 0 aliphatic carbocycles. The SMILES string of the molecule is O=C(c1ccc(C(F)(F)F)cc1)N1CCCN(Cc2ccccc2)CC1. The van der Waals surface area contributed by atoms with E-state index in [9.17, 15) is 18.0 Å². The van der Waals surface area contributed by atoms with Gasteiger partial charge in [-0.1, -0.05) is 30.3 Å². The Morgan fingerprint density at radius 2 is 1.58 bits per heavy atom. The Kier molecular flexibility index (Phi) is 5.61. The largest absolute Gasteiger partial charge is 0.416 e. The van der Waals surface area contributed by atoms with Gasteiger partial charge in [-0.25, -0.2) is 0 Å². The molecule has 1 saturated heterocycles. The van der Waals surface area contributed by atoms with Gasteiger partial charge in [0.05, 0.1) is 5.56 Å². The predicted octanol–water partition coefficient (Wildman–Crippen LogP) is 4.05. The van der Waals surface area contributed by atoms with E-state index in [2.05, 4.69) is 17.0 Å². The van der Waals surface area contributed by atoms with E-state index in [0.29, 0.717) is 18.7 Å². The van der Waals surface area contributed by atoms with Gasteiger partial charge in [-0.2, -0.15) is 13.2 Å². The van der Waals surface area contributed by atoms with Crippen LogP contribution in [-0.4, -0.2) is 41.9 Å². The van der Waals surface area contributed by atoms with Crippen molar-refractivity contribution in [2.75, 3.05) is 26.2 Å². The number of amides is 1. The van der Waals surface area contributed by atoms with Gasteiger partial charge < -0.3 is 4.90 Å². The number of carbonyl (C=O) groups is 1. The maximum Gasteiger partial charge on any atom is 0.416 e. The van der Waals surface area contributed by atoms with Crippen molar-refractivity contribution in [3.63, 3.8) is 0 Å². The first-order valence-corrected chi connectivity index (χ1v) is 8.66. The van der Waals surface area contributed by atoms with E-state index in [1.54, 1.807) is 4.90 Å². The van der Waals surface area contributed by atoms with Gasteiger partial charge in [-0.05, 0) is 36.2 Å². The van der Waals surface area contributed by atoms with Gasteiger partial charge in [0.15, 0.2) is 0 Å². The molecular weight excluding hydrogens is 341 g/mol. The van der Waals surface area contributed by atoms with Gasteiger partial charge in [0.25, 0.3) is 5.91 Å². The molecule has 3 rings (SSSR count). The van der Waals surface area contributed by atoms with Crippen molar-refractivity contribution in [1.82, 2.24) is 9.80 Å². The van der Waals surface area contributed by atoms with Crippen LogP contribution >= 0.6 is 0 Å². The molecular formula is C20H21F3N2O. The molecule has 0 spiro atoms. The summed E-state index contributed by atoms with van der Waals surface area (Å²) < 4.78 is 38.0. The minimum atomic E-state index is -4.39. The molecule has 2 aromatic carbocycles. The zero-order valence-electron chi connectivity index (χ0n) is 14.4. The maximum absolute atomic E-state index is 12.7. The summed E-state index contributed by atoms with van der Waals surface area (Å²) in [4.78, 5) is 16.6. The van der Waals surface area contributed by atoms with Crippen molar-refractivity contribution in [1.29, 1.82) is 0 Å². The molecule has 0 bridgehead atoms. The van der Waals surface area contributed by atoms with E-state index in [1.165, 1.54) is 17.7 Å². The molecule has 26 heavy (non-hydrogen) atoms. The second-order valence-corrected chi connectivity index (χ2v) is 6.48. The molecule has 0 aromatic heterocycles. The van der Waals surface area contributed by atoms with Crippen LogP contribution in [0, 0.1) is 0 Å². The molecule has 0 saturated carbocycles. The molecule has 0 N–H and O–H groups in total. The summed E-state index contributed by atoms with van der Waals surface area (Å²) in [5.41, 5.74) is 0.795. The van der Waals surface area contributed by atoms with Gasteiger partial charge in [0.2, 0.25) is 0 Å². The third-order valence-corrected chi connectivity index (χ3v) is 4.58. The molecule has 0 radical (unpaired) electrons. The second-order valence-electron chi connectivity index (χ2n) is 6.48. The lowest BCUT2D eigenvalue weighted by atomic mass is 10.1. The number of nitrogens with zero attached hydrogens (tertiary/aromatic N) is 2. The maximum atomic E-state index is 12.7. The van der Waals surface area contributed by atoms with Crippen LogP contribution in [0.3, 0.4) is 0 Å². The molecule has 1 fully saturated rings. The summed E-state index contributed by atoms with van der Waals surface area (Å²) in [6.45, 7) is 3.67. The van der Waals surface area contributed by atoms with E-state index in [4.69, 9.17) is 0 Å². The number of benzene rings is 2. The minimum absolute atomic E-state index is 0.208. The highest BCUT2D eigenvalue weighted by molar-refractivity contribution is 5.94. The Hall–Kier alpha value is -2.34. The van der Waals surface area contributed by atoms with Crippen LogP contribution in [0.5, 0.6) is 0 Å². The minimum Gasteiger partial charge on any atom is -0.337 e. The molecule has 2 aromatic rings. The molecule has 138 valence electrons. The molecule has 0 unspecified atom stereocenters. The van der Waals surface area contributed by atoms with E-state index in [-0.39, 0.29) is 5.91 Å². The first kappa shape index (κ1) is 18.5. The molecule has 1 aliphatic heterocycles. The summed E-state index contributed by atoms with van der Waals surface area (Å²) >= 11 is 0. The van der Waals surface area contributed by atoms with E-state index < -0.39 is 11.7 Å². The lowest BCUT2D eigenvalue weighted by Gasteiger charge is -2.22. The van der Waals surface area contributed by atoms with E-state index in [0.717, 1.165) is 38.2 Å². The molecule has 1 heterocycles. The summed E-state index contributed by atoms with van der Waals surface area (Å²) in [6, 6.07) is 14.6. The average Bonchev–Trinajstić information content (AvgIpc) is 2.87. The molecule has 1 aliphatic rings. The fourth-order valence-corrected chi connectivity index (χ4v) is 3.16. The lowest BCUT2D eigenvalue weighted by Crippen LogP contribution is -2.35. The summed E-state index contributed by atoms with van der Waals surface area (Å²) in [7, 11) is 0. The highest BCUT2D eigenvalue weighted by atomic mass is 19.4. The molecule has 3 nitrogen and oxygen atoms in total. The van der Waals surface area contributed by atoms with Crippen molar-refractivity contribution in [2.24, 2.45) is 0 Å². The number of carbonyl (C=O) groups excluding carboxylic acids is 1. The Bertz CT molecular complexity index is 729. The van der Waals surface area contributed by atoms with Crippen LogP contribution < -0.4 is 0 Å². The number of hydrogen-bond donors (Lipinski definition) is 0. The van der Waals surface area contributed by atoms with Crippen LogP contribution in [0.1, 0.15) is 27.9 Å². The lowest BCUT2D eigenvalue weighted by molar-refractivity contribution is -0.137.